The minimum absolute atomic E-state index is 0.0623. The lowest BCUT2D eigenvalue weighted by Gasteiger charge is -2.34. The zero-order valence-corrected chi connectivity index (χ0v) is 14.8. The molecule has 1 heterocycles. The molecule has 0 aromatic heterocycles. The van der Waals surface area contributed by atoms with Crippen molar-refractivity contribution in [3.05, 3.63) is 65.5 Å². The number of hydrogen-bond acceptors (Lipinski definition) is 3. The smallest absolute Gasteiger partial charge is 0.335 e. The second-order valence-electron chi connectivity index (χ2n) is 6.57. The summed E-state index contributed by atoms with van der Waals surface area (Å²) in [6.07, 6.45) is 1.71. The Morgan fingerprint density at radius 3 is 2.59 bits per heavy atom. The lowest BCUT2D eigenvalue weighted by atomic mass is 10.0. The van der Waals surface area contributed by atoms with Crippen LogP contribution >= 0.6 is 0 Å². The normalized spacial score (nSPS) is 16.6. The van der Waals surface area contributed by atoms with Gasteiger partial charge in [-0.05, 0) is 42.7 Å². The Hall–Kier alpha value is -3.09. The highest BCUT2D eigenvalue weighted by Gasteiger charge is 2.23. The lowest BCUT2D eigenvalue weighted by molar-refractivity contribution is 0.0697. The third kappa shape index (κ3) is 4.97. The maximum absolute atomic E-state index is 14.0. The van der Waals surface area contributed by atoms with Gasteiger partial charge in [-0.25, -0.2) is 14.0 Å². The van der Waals surface area contributed by atoms with E-state index in [-0.39, 0.29) is 23.5 Å². The van der Waals surface area contributed by atoms with Crippen molar-refractivity contribution in [3.8, 4) is 0 Å². The maximum atomic E-state index is 14.0. The van der Waals surface area contributed by atoms with E-state index in [1.807, 2.05) is 4.90 Å². The fourth-order valence-corrected chi connectivity index (χ4v) is 3.21. The van der Waals surface area contributed by atoms with Crippen LogP contribution in [0.15, 0.2) is 48.5 Å². The number of para-hydroxylation sites is 1. The van der Waals surface area contributed by atoms with Gasteiger partial charge < -0.3 is 20.6 Å². The topological polar surface area (TPSA) is 81.7 Å². The number of benzene rings is 2. The molecule has 3 N–H and O–H groups in total. The molecule has 2 amide bonds. The SMILES string of the molecule is O=C(NCc1ccc(C(=O)O)cc1)NC1CCCN(c2ccccc2F)C1. The zero-order valence-electron chi connectivity index (χ0n) is 14.8. The average Bonchev–Trinajstić information content (AvgIpc) is 2.67. The summed E-state index contributed by atoms with van der Waals surface area (Å²) in [5.74, 6) is -1.24. The van der Waals surface area contributed by atoms with Gasteiger partial charge in [0.1, 0.15) is 5.82 Å². The van der Waals surface area contributed by atoms with Gasteiger partial charge in [0.2, 0.25) is 0 Å². The van der Waals surface area contributed by atoms with Gasteiger partial charge in [-0.1, -0.05) is 24.3 Å². The molecule has 0 aliphatic carbocycles. The molecule has 1 saturated heterocycles. The minimum atomic E-state index is -0.982. The highest BCUT2D eigenvalue weighted by atomic mass is 19.1. The van der Waals surface area contributed by atoms with E-state index in [0.29, 0.717) is 18.8 Å². The van der Waals surface area contributed by atoms with Crippen LogP contribution < -0.4 is 15.5 Å². The molecule has 0 radical (unpaired) electrons. The monoisotopic (exact) mass is 371 g/mol. The van der Waals surface area contributed by atoms with Crippen LogP contribution in [-0.2, 0) is 6.54 Å². The number of carboxylic acid groups (broad SMARTS) is 1. The van der Waals surface area contributed by atoms with Gasteiger partial charge in [-0.3, -0.25) is 0 Å². The van der Waals surface area contributed by atoms with Crippen molar-refractivity contribution in [1.82, 2.24) is 10.6 Å². The molecule has 1 unspecified atom stereocenters. The van der Waals surface area contributed by atoms with Crippen molar-refractivity contribution >= 4 is 17.7 Å². The number of aromatic carboxylic acids is 1. The van der Waals surface area contributed by atoms with E-state index in [0.717, 1.165) is 24.9 Å². The third-order valence-electron chi connectivity index (χ3n) is 4.60. The van der Waals surface area contributed by atoms with Crippen LogP contribution in [0.3, 0.4) is 0 Å². The Bertz CT molecular complexity index is 810. The molecule has 1 atom stereocenters. The number of halogens is 1. The van der Waals surface area contributed by atoms with Gasteiger partial charge in [0, 0.05) is 25.7 Å². The summed E-state index contributed by atoms with van der Waals surface area (Å²) in [5.41, 5.74) is 1.58. The molecule has 142 valence electrons. The van der Waals surface area contributed by atoms with E-state index in [1.165, 1.54) is 18.2 Å². The van der Waals surface area contributed by atoms with E-state index < -0.39 is 5.97 Å². The summed E-state index contributed by atoms with van der Waals surface area (Å²) in [6.45, 7) is 1.62. The van der Waals surface area contributed by atoms with Gasteiger partial charge in [-0.15, -0.1) is 0 Å². The molecular weight excluding hydrogens is 349 g/mol. The highest BCUT2D eigenvalue weighted by Crippen LogP contribution is 2.22. The predicted octanol–water partition coefficient (Wildman–Crippen LogP) is 2.99. The first-order valence-corrected chi connectivity index (χ1v) is 8.89. The Kier molecular flexibility index (Phi) is 5.90. The van der Waals surface area contributed by atoms with Crippen LogP contribution in [-0.4, -0.2) is 36.2 Å². The second kappa shape index (κ2) is 8.53. The molecule has 3 rings (SSSR count). The summed E-state index contributed by atoms with van der Waals surface area (Å²) < 4.78 is 14.0. The van der Waals surface area contributed by atoms with Crippen molar-refractivity contribution < 1.29 is 19.1 Å². The maximum Gasteiger partial charge on any atom is 0.335 e. The van der Waals surface area contributed by atoms with Gasteiger partial charge in [0.25, 0.3) is 0 Å². The number of carboxylic acids is 1. The number of nitrogens with zero attached hydrogens (tertiary/aromatic N) is 1. The Labute approximate surface area is 157 Å². The summed E-state index contributed by atoms with van der Waals surface area (Å²) in [4.78, 5) is 25.0. The van der Waals surface area contributed by atoms with E-state index in [4.69, 9.17) is 5.11 Å². The van der Waals surface area contributed by atoms with Crippen molar-refractivity contribution in [1.29, 1.82) is 0 Å². The largest absolute Gasteiger partial charge is 0.478 e. The van der Waals surface area contributed by atoms with Crippen molar-refractivity contribution in [3.63, 3.8) is 0 Å². The van der Waals surface area contributed by atoms with E-state index in [1.54, 1.807) is 30.3 Å². The second-order valence-corrected chi connectivity index (χ2v) is 6.57. The van der Waals surface area contributed by atoms with Gasteiger partial charge in [0.05, 0.1) is 11.3 Å². The minimum Gasteiger partial charge on any atom is -0.478 e. The quantitative estimate of drug-likeness (QED) is 0.755. The van der Waals surface area contributed by atoms with Gasteiger partial charge in [0.15, 0.2) is 0 Å². The summed E-state index contributed by atoms with van der Waals surface area (Å²) >= 11 is 0. The fourth-order valence-electron chi connectivity index (χ4n) is 3.21. The first kappa shape index (κ1) is 18.7. The van der Waals surface area contributed by atoms with Crippen molar-refractivity contribution in [2.45, 2.75) is 25.4 Å². The molecule has 2 aromatic carbocycles. The molecular formula is C20H22FN3O3. The fraction of sp³-hybridized carbons (Fsp3) is 0.300. The van der Waals surface area contributed by atoms with Gasteiger partial charge >= 0.3 is 12.0 Å². The molecule has 1 fully saturated rings. The predicted molar refractivity (Wildman–Crippen MR) is 100 cm³/mol. The molecule has 27 heavy (non-hydrogen) atoms. The molecule has 6 nitrogen and oxygen atoms in total. The number of urea groups is 1. The Morgan fingerprint density at radius 1 is 1.15 bits per heavy atom. The molecule has 0 bridgehead atoms. The Balaban J connectivity index is 1.50. The first-order chi connectivity index (χ1) is 13.0. The lowest BCUT2D eigenvalue weighted by Crippen LogP contribution is -2.50. The zero-order chi connectivity index (χ0) is 19.2. The molecule has 7 heteroatoms. The Morgan fingerprint density at radius 2 is 1.89 bits per heavy atom. The first-order valence-electron chi connectivity index (χ1n) is 8.89. The van der Waals surface area contributed by atoms with Crippen LogP contribution in [0.2, 0.25) is 0 Å². The van der Waals surface area contributed by atoms with Crippen LogP contribution in [0.1, 0.15) is 28.8 Å². The van der Waals surface area contributed by atoms with Crippen molar-refractivity contribution in [2.75, 3.05) is 18.0 Å². The van der Waals surface area contributed by atoms with Crippen LogP contribution in [0, 0.1) is 5.82 Å². The number of carbonyl (C=O) groups excluding carboxylic acids is 1. The molecule has 1 aliphatic heterocycles. The number of carbonyl (C=O) groups is 2. The number of hydrogen-bond donors (Lipinski definition) is 3. The van der Waals surface area contributed by atoms with Crippen molar-refractivity contribution in [2.24, 2.45) is 0 Å². The summed E-state index contributed by atoms with van der Waals surface area (Å²) in [7, 11) is 0. The standard InChI is InChI=1S/C20H22FN3O3/c21-17-5-1-2-6-18(17)24-11-3-4-16(13-24)23-20(27)22-12-14-7-9-15(10-8-14)19(25)26/h1-2,5-10,16H,3-4,11-13H2,(H,25,26)(H2,22,23,27). The van der Waals surface area contributed by atoms with E-state index in [2.05, 4.69) is 10.6 Å². The van der Waals surface area contributed by atoms with Crippen LogP contribution in [0.25, 0.3) is 0 Å². The molecule has 0 saturated carbocycles. The van der Waals surface area contributed by atoms with E-state index >= 15 is 0 Å². The van der Waals surface area contributed by atoms with Gasteiger partial charge in [-0.2, -0.15) is 0 Å². The third-order valence-corrected chi connectivity index (χ3v) is 4.60. The van der Waals surface area contributed by atoms with Crippen LogP contribution in [0.5, 0.6) is 0 Å². The average molecular weight is 371 g/mol. The number of nitrogens with one attached hydrogen (secondary N) is 2. The van der Waals surface area contributed by atoms with E-state index in [9.17, 15) is 14.0 Å². The number of rotatable bonds is 5. The molecule has 1 aliphatic rings. The number of piperidine rings is 1. The number of anilines is 1. The summed E-state index contributed by atoms with van der Waals surface area (Å²) in [6, 6.07) is 12.6. The number of amides is 2. The molecule has 0 spiro atoms. The highest BCUT2D eigenvalue weighted by molar-refractivity contribution is 5.87. The van der Waals surface area contributed by atoms with Crippen LogP contribution in [0.4, 0.5) is 14.9 Å². The molecule has 2 aromatic rings. The summed E-state index contributed by atoms with van der Waals surface area (Å²) in [5, 5.41) is 14.6.